The lowest BCUT2D eigenvalue weighted by atomic mass is 9.94. The van der Waals surface area contributed by atoms with Gasteiger partial charge in [-0.2, -0.15) is 13.2 Å². The lowest BCUT2D eigenvalue weighted by molar-refractivity contribution is -0.137. The zero-order valence-corrected chi connectivity index (χ0v) is 10.2. The second kappa shape index (κ2) is 5.31. The molecule has 18 heavy (non-hydrogen) atoms. The molecule has 1 aliphatic carbocycles. The first-order chi connectivity index (χ1) is 8.47. The number of benzene rings is 1. The summed E-state index contributed by atoms with van der Waals surface area (Å²) in [5, 5.41) is 0. The Hall–Kier alpha value is -1.03. The third-order valence-electron chi connectivity index (χ3n) is 3.73. The van der Waals surface area contributed by atoms with Crippen molar-refractivity contribution in [3.63, 3.8) is 0 Å². The number of halogens is 3. The molecule has 0 saturated heterocycles. The predicted octanol–water partition coefficient (Wildman–Crippen LogP) is 4.29. The van der Waals surface area contributed by atoms with E-state index in [1.165, 1.54) is 37.8 Å². The van der Waals surface area contributed by atoms with Crippen molar-refractivity contribution in [1.29, 1.82) is 0 Å². The molecule has 0 heterocycles. The molecular formula is C14H18F3N. The van der Waals surface area contributed by atoms with E-state index in [0.717, 1.165) is 24.1 Å². The topological polar surface area (TPSA) is 26.0 Å². The lowest BCUT2D eigenvalue weighted by Gasteiger charge is -2.17. The molecule has 1 aromatic rings. The van der Waals surface area contributed by atoms with Gasteiger partial charge in [-0.1, -0.05) is 37.8 Å². The quantitative estimate of drug-likeness (QED) is 0.859. The van der Waals surface area contributed by atoms with E-state index in [4.69, 9.17) is 5.73 Å². The second-order valence-corrected chi connectivity index (χ2v) is 5.11. The van der Waals surface area contributed by atoms with E-state index in [-0.39, 0.29) is 6.04 Å². The van der Waals surface area contributed by atoms with Gasteiger partial charge >= 0.3 is 6.18 Å². The highest BCUT2D eigenvalue weighted by atomic mass is 19.4. The Morgan fingerprint density at radius 3 is 2.17 bits per heavy atom. The van der Waals surface area contributed by atoms with E-state index >= 15 is 0 Å². The number of hydrogen-bond donors (Lipinski definition) is 1. The van der Waals surface area contributed by atoms with E-state index in [1.54, 1.807) is 0 Å². The monoisotopic (exact) mass is 257 g/mol. The number of hydrogen-bond acceptors (Lipinski definition) is 1. The van der Waals surface area contributed by atoms with Gasteiger partial charge in [-0.25, -0.2) is 0 Å². The smallest absolute Gasteiger partial charge is 0.324 e. The molecule has 1 aliphatic rings. The van der Waals surface area contributed by atoms with Crippen molar-refractivity contribution in [3.05, 3.63) is 35.4 Å². The average molecular weight is 257 g/mol. The van der Waals surface area contributed by atoms with Crippen molar-refractivity contribution in [3.8, 4) is 0 Å². The fourth-order valence-electron chi connectivity index (χ4n) is 2.66. The summed E-state index contributed by atoms with van der Waals surface area (Å²) < 4.78 is 37.3. The van der Waals surface area contributed by atoms with Gasteiger partial charge in [0, 0.05) is 6.04 Å². The van der Waals surface area contributed by atoms with Crippen LogP contribution in [0, 0.1) is 5.92 Å². The van der Waals surface area contributed by atoms with E-state index in [2.05, 4.69) is 0 Å². The summed E-state index contributed by atoms with van der Waals surface area (Å²) in [6, 6.07) is 5.09. The maximum absolute atomic E-state index is 12.4. The van der Waals surface area contributed by atoms with E-state index in [9.17, 15) is 13.2 Å². The summed E-state index contributed by atoms with van der Waals surface area (Å²) >= 11 is 0. The van der Waals surface area contributed by atoms with Gasteiger partial charge < -0.3 is 5.73 Å². The Morgan fingerprint density at radius 2 is 1.67 bits per heavy atom. The van der Waals surface area contributed by atoms with Crippen LogP contribution in [-0.4, -0.2) is 0 Å². The molecule has 100 valence electrons. The van der Waals surface area contributed by atoms with Gasteiger partial charge in [0.05, 0.1) is 5.56 Å². The summed E-state index contributed by atoms with van der Waals surface area (Å²) in [7, 11) is 0. The fraction of sp³-hybridized carbons (Fsp3) is 0.571. The minimum atomic E-state index is -4.27. The van der Waals surface area contributed by atoms with E-state index in [0.29, 0.717) is 5.92 Å². The molecule has 0 aliphatic heterocycles. The van der Waals surface area contributed by atoms with Crippen molar-refractivity contribution in [2.45, 2.75) is 44.3 Å². The first-order valence-electron chi connectivity index (χ1n) is 6.39. The molecule has 0 radical (unpaired) electrons. The van der Waals surface area contributed by atoms with Crippen molar-refractivity contribution < 1.29 is 13.2 Å². The first-order valence-corrected chi connectivity index (χ1v) is 6.39. The van der Waals surface area contributed by atoms with Crippen LogP contribution in [0.2, 0.25) is 0 Å². The predicted molar refractivity (Wildman–Crippen MR) is 64.9 cm³/mol. The summed E-state index contributed by atoms with van der Waals surface area (Å²) in [5.41, 5.74) is 6.24. The van der Waals surface area contributed by atoms with Crippen LogP contribution in [0.1, 0.15) is 49.3 Å². The number of nitrogens with two attached hydrogens (primary N) is 1. The molecule has 2 N–H and O–H groups in total. The van der Waals surface area contributed by atoms with Crippen molar-refractivity contribution in [2.75, 3.05) is 0 Å². The number of alkyl halides is 3. The van der Waals surface area contributed by atoms with Gasteiger partial charge in [0.1, 0.15) is 0 Å². The largest absolute Gasteiger partial charge is 0.416 e. The molecule has 0 spiro atoms. The maximum Gasteiger partial charge on any atom is 0.416 e. The molecule has 4 heteroatoms. The summed E-state index contributed by atoms with van der Waals surface area (Å²) in [6.45, 7) is 0. The van der Waals surface area contributed by atoms with Crippen LogP contribution >= 0.6 is 0 Å². The van der Waals surface area contributed by atoms with Crippen molar-refractivity contribution >= 4 is 0 Å². The number of rotatable bonds is 3. The molecule has 1 nitrogen and oxygen atoms in total. The van der Waals surface area contributed by atoms with Crippen LogP contribution in [0.25, 0.3) is 0 Å². The Kier molecular flexibility index (Phi) is 3.95. The van der Waals surface area contributed by atoms with Crippen LogP contribution < -0.4 is 5.73 Å². The molecule has 0 aromatic heterocycles. The highest BCUT2D eigenvalue weighted by Crippen LogP contribution is 2.33. The first kappa shape index (κ1) is 13.4. The molecule has 1 fully saturated rings. The van der Waals surface area contributed by atoms with Gasteiger partial charge in [0.2, 0.25) is 0 Å². The van der Waals surface area contributed by atoms with Crippen molar-refractivity contribution in [1.82, 2.24) is 0 Å². The molecular weight excluding hydrogens is 239 g/mol. The van der Waals surface area contributed by atoms with Gasteiger partial charge in [-0.05, 0) is 30.0 Å². The maximum atomic E-state index is 12.4. The zero-order valence-electron chi connectivity index (χ0n) is 10.2. The minimum Gasteiger partial charge on any atom is -0.324 e. The Morgan fingerprint density at radius 1 is 1.11 bits per heavy atom. The normalized spacial score (nSPS) is 19.1. The highest BCUT2D eigenvalue weighted by Gasteiger charge is 2.30. The third-order valence-corrected chi connectivity index (χ3v) is 3.73. The molecule has 1 saturated carbocycles. The van der Waals surface area contributed by atoms with Gasteiger partial charge in [0.25, 0.3) is 0 Å². The molecule has 1 aromatic carbocycles. The SMILES string of the molecule is NC(CC1CCCC1)c1ccc(C(F)(F)F)cc1. The molecule has 0 amide bonds. The average Bonchev–Trinajstić information content (AvgIpc) is 2.81. The lowest BCUT2D eigenvalue weighted by Crippen LogP contribution is -2.14. The summed E-state index contributed by atoms with van der Waals surface area (Å²) in [6.07, 6.45) is 1.52. The van der Waals surface area contributed by atoms with Gasteiger partial charge in [0.15, 0.2) is 0 Å². The Balaban J connectivity index is 2.00. The molecule has 1 unspecified atom stereocenters. The van der Waals surface area contributed by atoms with Crippen molar-refractivity contribution in [2.24, 2.45) is 11.7 Å². The summed E-state index contributed by atoms with van der Waals surface area (Å²) in [5.74, 6) is 0.641. The fourth-order valence-corrected chi connectivity index (χ4v) is 2.66. The van der Waals surface area contributed by atoms with Crippen LogP contribution in [-0.2, 0) is 6.18 Å². The van der Waals surface area contributed by atoms with Crippen LogP contribution in [0.5, 0.6) is 0 Å². The summed E-state index contributed by atoms with van der Waals surface area (Å²) in [4.78, 5) is 0. The van der Waals surface area contributed by atoms with Gasteiger partial charge in [-0.15, -0.1) is 0 Å². The van der Waals surface area contributed by atoms with Gasteiger partial charge in [-0.3, -0.25) is 0 Å². The van der Waals surface area contributed by atoms with Crippen LogP contribution in [0.4, 0.5) is 13.2 Å². The molecule has 1 atom stereocenters. The molecule has 2 rings (SSSR count). The van der Waals surface area contributed by atoms with Crippen LogP contribution in [0.3, 0.4) is 0 Å². The zero-order chi connectivity index (χ0) is 13.2. The van der Waals surface area contributed by atoms with E-state index in [1.807, 2.05) is 0 Å². The highest BCUT2D eigenvalue weighted by molar-refractivity contribution is 5.26. The van der Waals surface area contributed by atoms with E-state index < -0.39 is 11.7 Å². The minimum absolute atomic E-state index is 0.143. The third kappa shape index (κ3) is 3.25. The Bertz CT molecular complexity index is 377. The second-order valence-electron chi connectivity index (χ2n) is 5.11. The Labute approximate surface area is 105 Å². The standard InChI is InChI=1S/C14H18F3N/c15-14(16,17)12-7-5-11(6-8-12)13(18)9-10-3-1-2-4-10/h5-8,10,13H,1-4,9,18H2. The molecule has 0 bridgehead atoms. The van der Waals surface area contributed by atoms with Crippen LogP contribution in [0.15, 0.2) is 24.3 Å².